The molecule has 17 heavy (non-hydrogen) atoms. The summed E-state index contributed by atoms with van der Waals surface area (Å²) < 4.78 is 5.03. The molecule has 0 radical (unpaired) electrons. The minimum atomic E-state index is -1.15. The molecule has 96 valence electrons. The van der Waals surface area contributed by atoms with Crippen molar-refractivity contribution in [3.63, 3.8) is 0 Å². The Balaban J connectivity index is 5.37. The van der Waals surface area contributed by atoms with E-state index in [0.29, 0.717) is 12.8 Å². The van der Waals surface area contributed by atoms with Crippen LogP contribution >= 0.6 is 0 Å². The quantitative estimate of drug-likeness (QED) is 0.389. The molecule has 0 N–H and O–H groups in total. The lowest BCUT2D eigenvalue weighted by Crippen LogP contribution is -2.40. The molecular weight excluding hydrogens is 216 g/mol. The van der Waals surface area contributed by atoms with Crippen molar-refractivity contribution in [1.82, 2.24) is 0 Å². The Bertz CT molecular complexity index is 323. The molecule has 3 heteroatoms. The predicted molar refractivity (Wildman–Crippen MR) is 68.6 cm³/mol. The SMILES string of the molecule is C=C(C)CC(CC(=C)C)(C(C)=O)C(=O)OCC. The number of Topliss-reactive ketones (excluding diaryl/α,β-unsaturated/α-hetero) is 1. The maximum Gasteiger partial charge on any atom is 0.320 e. The third-order valence-electron chi connectivity index (χ3n) is 2.55. The number of hydrogen-bond donors (Lipinski definition) is 0. The number of rotatable bonds is 7. The van der Waals surface area contributed by atoms with Crippen molar-refractivity contribution in [1.29, 1.82) is 0 Å². The van der Waals surface area contributed by atoms with E-state index in [4.69, 9.17) is 4.74 Å². The van der Waals surface area contributed by atoms with Crippen LogP contribution in [0, 0.1) is 5.41 Å². The molecular formula is C14H22O3. The van der Waals surface area contributed by atoms with Crippen molar-refractivity contribution in [3.8, 4) is 0 Å². The van der Waals surface area contributed by atoms with Gasteiger partial charge in [0.2, 0.25) is 0 Å². The highest BCUT2D eigenvalue weighted by atomic mass is 16.5. The molecule has 0 aliphatic rings. The van der Waals surface area contributed by atoms with Crippen LogP contribution in [0.2, 0.25) is 0 Å². The standard InChI is InChI=1S/C14H22O3/c1-7-17-13(16)14(12(6)15,8-10(2)3)9-11(4)5/h2,4,7-9H2,1,3,5-6H3. The molecule has 0 fully saturated rings. The second-order valence-corrected chi connectivity index (χ2v) is 4.63. The van der Waals surface area contributed by atoms with Gasteiger partial charge in [-0.1, -0.05) is 11.1 Å². The summed E-state index contributed by atoms with van der Waals surface area (Å²) in [4.78, 5) is 23.9. The average molecular weight is 238 g/mol. The van der Waals surface area contributed by atoms with Crippen molar-refractivity contribution < 1.29 is 14.3 Å². The fourth-order valence-electron chi connectivity index (χ4n) is 1.90. The van der Waals surface area contributed by atoms with Gasteiger partial charge >= 0.3 is 5.97 Å². The fourth-order valence-corrected chi connectivity index (χ4v) is 1.90. The Morgan fingerprint density at radius 2 is 1.47 bits per heavy atom. The summed E-state index contributed by atoms with van der Waals surface area (Å²) in [5.74, 6) is -0.666. The third kappa shape index (κ3) is 4.17. The van der Waals surface area contributed by atoms with Crippen molar-refractivity contribution in [2.75, 3.05) is 6.61 Å². The summed E-state index contributed by atoms with van der Waals surface area (Å²) >= 11 is 0. The summed E-state index contributed by atoms with van der Waals surface area (Å²) in [5.41, 5.74) is 0.428. The summed E-state index contributed by atoms with van der Waals surface area (Å²) in [6, 6.07) is 0. The summed E-state index contributed by atoms with van der Waals surface area (Å²) in [7, 11) is 0. The number of carbonyl (C=O) groups is 2. The summed E-state index contributed by atoms with van der Waals surface area (Å²) in [5, 5.41) is 0. The normalized spacial score (nSPS) is 10.8. The van der Waals surface area contributed by atoms with Crippen LogP contribution in [0.1, 0.15) is 40.5 Å². The molecule has 0 saturated carbocycles. The van der Waals surface area contributed by atoms with Crippen molar-refractivity contribution >= 4 is 11.8 Å². The molecule has 0 aromatic heterocycles. The fraction of sp³-hybridized carbons (Fsp3) is 0.571. The lowest BCUT2D eigenvalue weighted by Gasteiger charge is -2.29. The van der Waals surface area contributed by atoms with Gasteiger partial charge in [-0.25, -0.2) is 0 Å². The van der Waals surface area contributed by atoms with Gasteiger partial charge in [0.15, 0.2) is 0 Å². The molecule has 0 amide bonds. The van der Waals surface area contributed by atoms with Crippen LogP contribution in [-0.2, 0) is 14.3 Å². The molecule has 0 unspecified atom stereocenters. The van der Waals surface area contributed by atoms with Crippen molar-refractivity contribution in [2.24, 2.45) is 5.41 Å². The van der Waals surface area contributed by atoms with E-state index in [1.165, 1.54) is 6.92 Å². The Hall–Kier alpha value is -1.38. The molecule has 0 aliphatic carbocycles. The van der Waals surface area contributed by atoms with E-state index in [1.807, 2.05) is 0 Å². The average Bonchev–Trinajstić information content (AvgIpc) is 2.14. The zero-order valence-electron chi connectivity index (χ0n) is 11.3. The zero-order valence-corrected chi connectivity index (χ0v) is 11.3. The van der Waals surface area contributed by atoms with Crippen LogP contribution < -0.4 is 0 Å². The molecule has 0 atom stereocenters. The van der Waals surface area contributed by atoms with Gasteiger partial charge < -0.3 is 4.74 Å². The highest BCUT2D eigenvalue weighted by molar-refractivity contribution is 6.03. The van der Waals surface area contributed by atoms with Gasteiger partial charge in [0, 0.05) is 0 Å². The van der Waals surface area contributed by atoms with E-state index in [9.17, 15) is 9.59 Å². The van der Waals surface area contributed by atoms with Crippen LogP contribution in [0.4, 0.5) is 0 Å². The monoisotopic (exact) mass is 238 g/mol. The molecule has 0 heterocycles. The first-order valence-electron chi connectivity index (χ1n) is 5.73. The van der Waals surface area contributed by atoms with E-state index in [1.54, 1.807) is 20.8 Å². The summed E-state index contributed by atoms with van der Waals surface area (Å²) in [6.07, 6.45) is 0.627. The number of ketones is 1. The minimum absolute atomic E-state index is 0.193. The molecule has 0 saturated heterocycles. The minimum Gasteiger partial charge on any atom is -0.465 e. The van der Waals surface area contributed by atoms with Gasteiger partial charge in [-0.3, -0.25) is 9.59 Å². The smallest absolute Gasteiger partial charge is 0.320 e. The topological polar surface area (TPSA) is 43.4 Å². The number of allylic oxidation sites excluding steroid dienone is 2. The van der Waals surface area contributed by atoms with E-state index in [-0.39, 0.29) is 12.4 Å². The molecule has 0 rings (SSSR count). The number of hydrogen-bond acceptors (Lipinski definition) is 3. The Morgan fingerprint density at radius 1 is 1.06 bits per heavy atom. The van der Waals surface area contributed by atoms with Crippen molar-refractivity contribution in [2.45, 2.75) is 40.5 Å². The Morgan fingerprint density at radius 3 is 1.71 bits per heavy atom. The van der Waals surface area contributed by atoms with Gasteiger partial charge in [-0.05, 0) is 40.5 Å². The van der Waals surface area contributed by atoms with Gasteiger partial charge in [0.25, 0.3) is 0 Å². The molecule has 0 aromatic rings. The third-order valence-corrected chi connectivity index (χ3v) is 2.55. The largest absolute Gasteiger partial charge is 0.465 e. The van der Waals surface area contributed by atoms with Gasteiger partial charge in [0.1, 0.15) is 11.2 Å². The first kappa shape index (κ1) is 15.6. The first-order valence-corrected chi connectivity index (χ1v) is 5.73. The molecule has 0 aliphatic heterocycles. The Kier molecular flexibility index (Phi) is 5.86. The van der Waals surface area contributed by atoms with Gasteiger partial charge in [0.05, 0.1) is 6.61 Å². The van der Waals surface area contributed by atoms with E-state index < -0.39 is 11.4 Å². The highest BCUT2D eigenvalue weighted by Crippen LogP contribution is 2.35. The van der Waals surface area contributed by atoms with E-state index in [0.717, 1.165) is 11.1 Å². The van der Waals surface area contributed by atoms with Crippen LogP contribution in [0.25, 0.3) is 0 Å². The number of carbonyl (C=O) groups excluding carboxylic acids is 2. The summed E-state index contributed by atoms with van der Waals surface area (Å²) in [6.45, 7) is 14.6. The van der Waals surface area contributed by atoms with Crippen LogP contribution in [-0.4, -0.2) is 18.4 Å². The van der Waals surface area contributed by atoms with Crippen LogP contribution in [0.3, 0.4) is 0 Å². The lowest BCUT2D eigenvalue weighted by molar-refractivity contribution is -0.159. The number of ether oxygens (including phenoxy) is 1. The molecule has 3 nitrogen and oxygen atoms in total. The van der Waals surface area contributed by atoms with Gasteiger partial charge in [-0.2, -0.15) is 0 Å². The number of esters is 1. The zero-order chi connectivity index (χ0) is 13.6. The molecule has 0 aromatic carbocycles. The lowest BCUT2D eigenvalue weighted by atomic mass is 9.74. The Labute approximate surface area is 104 Å². The maximum absolute atomic E-state index is 12.1. The molecule has 0 spiro atoms. The highest BCUT2D eigenvalue weighted by Gasteiger charge is 2.44. The van der Waals surface area contributed by atoms with E-state index in [2.05, 4.69) is 13.2 Å². The predicted octanol–water partition coefficient (Wildman–Crippen LogP) is 3.06. The van der Waals surface area contributed by atoms with Crippen LogP contribution in [0.15, 0.2) is 24.3 Å². The first-order chi connectivity index (χ1) is 7.76. The van der Waals surface area contributed by atoms with E-state index >= 15 is 0 Å². The second kappa shape index (κ2) is 6.38. The van der Waals surface area contributed by atoms with Crippen molar-refractivity contribution in [3.05, 3.63) is 24.3 Å². The maximum atomic E-state index is 12.1. The van der Waals surface area contributed by atoms with Crippen LogP contribution in [0.5, 0.6) is 0 Å². The van der Waals surface area contributed by atoms with Gasteiger partial charge in [-0.15, -0.1) is 13.2 Å². The molecule has 0 bridgehead atoms. The second-order valence-electron chi connectivity index (χ2n) is 4.63.